The first-order valence-electron chi connectivity index (χ1n) is 3.78. The Kier molecular flexibility index (Phi) is 2.69. The molecule has 0 aliphatic rings. The molecule has 0 heterocycles. The van der Waals surface area contributed by atoms with Gasteiger partial charge in [-0.15, -0.1) is 5.75 Å². The summed E-state index contributed by atoms with van der Waals surface area (Å²) in [4.78, 5) is 10.2. The largest absolute Gasteiger partial charge is 0.872 e. The van der Waals surface area contributed by atoms with E-state index >= 15 is 0 Å². The van der Waals surface area contributed by atoms with E-state index in [4.69, 9.17) is 5.11 Å². The Morgan fingerprint density at radius 3 is 2.77 bits per heavy atom. The predicted molar refractivity (Wildman–Crippen MR) is 47.3 cm³/mol. The SMILES string of the molecule is Cc1cc(/C=C/C(=O)O)ccc1[O-]. The molecule has 1 aromatic carbocycles. The third-order valence-corrected chi connectivity index (χ3v) is 1.62. The molecule has 0 bridgehead atoms. The first-order chi connectivity index (χ1) is 6.09. The van der Waals surface area contributed by atoms with E-state index in [2.05, 4.69) is 0 Å². The minimum absolute atomic E-state index is 0.0347. The highest BCUT2D eigenvalue weighted by atomic mass is 16.4. The monoisotopic (exact) mass is 177 g/mol. The van der Waals surface area contributed by atoms with Gasteiger partial charge in [0, 0.05) is 6.08 Å². The van der Waals surface area contributed by atoms with Crippen LogP contribution in [0.25, 0.3) is 6.08 Å². The lowest BCUT2D eigenvalue weighted by molar-refractivity contribution is -0.269. The van der Waals surface area contributed by atoms with Crippen LogP contribution < -0.4 is 5.11 Å². The molecule has 0 radical (unpaired) electrons. The van der Waals surface area contributed by atoms with Gasteiger partial charge in [-0.3, -0.25) is 0 Å². The summed E-state index contributed by atoms with van der Waals surface area (Å²) < 4.78 is 0. The van der Waals surface area contributed by atoms with Crippen molar-refractivity contribution in [2.75, 3.05) is 0 Å². The second-order valence-electron chi connectivity index (χ2n) is 2.70. The van der Waals surface area contributed by atoms with Gasteiger partial charge >= 0.3 is 5.97 Å². The summed E-state index contributed by atoms with van der Waals surface area (Å²) in [6.07, 6.45) is 2.49. The second-order valence-corrected chi connectivity index (χ2v) is 2.70. The number of benzene rings is 1. The van der Waals surface area contributed by atoms with Gasteiger partial charge in [0.15, 0.2) is 0 Å². The van der Waals surface area contributed by atoms with Gasteiger partial charge in [-0.1, -0.05) is 23.8 Å². The number of hydrogen-bond donors (Lipinski definition) is 1. The third-order valence-electron chi connectivity index (χ3n) is 1.62. The maximum absolute atomic E-state index is 11.0. The van der Waals surface area contributed by atoms with Gasteiger partial charge in [-0.05, 0) is 18.6 Å². The predicted octanol–water partition coefficient (Wildman–Crippen LogP) is 1.17. The molecule has 3 heteroatoms. The summed E-state index contributed by atoms with van der Waals surface area (Å²) in [5.41, 5.74) is 1.34. The molecule has 68 valence electrons. The Morgan fingerprint density at radius 2 is 2.23 bits per heavy atom. The summed E-state index contributed by atoms with van der Waals surface area (Å²) in [6.45, 7) is 1.69. The number of aryl methyl sites for hydroxylation is 1. The molecule has 1 aromatic rings. The average molecular weight is 177 g/mol. The zero-order chi connectivity index (χ0) is 9.84. The number of rotatable bonds is 2. The number of hydrogen-bond acceptors (Lipinski definition) is 2. The number of aliphatic carboxylic acids is 1. The van der Waals surface area contributed by atoms with Crippen molar-refractivity contribution in [3.63, 3.8) is 0 Å². The number of carboxylic acids is 1. The van der Waals surface area contributed by atoms with Crippen molar-refractivity contribution in [3.05, 3.63) is 35.4 Å². The van der Waals surface area contributed by atoms with E-state index in [0.717, 1.165) is 11.6 Å². The first-order valence-corrected chi connectivity index (χ1v) is 3.78. The molecule has 1 rings (SSSR count). The molecule has 0 aromatic heterocycles. The van der Waals surface area contributed by atoms with Crippen LogP contribution in [0.2, 0.25) is 0 Å². The van der Waals surface area contributed by atoms with Gasteiger partial charge < -0.3 is 10.2 Å². The van der Waals surface area contributed by atoms with E-state index in [1.54, 1.807) is 19.1 Å². The summed E-state index contributed by atoms with van der Waals surface area (Å²) in [5, 5.41) is 19.3. The Labute approximate surface area is 76.0 Å². The molecule has 13 heavy (non-hydrogen) atoms. The van der Waals surface area contributed by atoms with E-state index in [9.17, 15) is 9.90 Å². The molecule has 0 amide bonds. The van der Waals surface area contributed by atoms with Crippen molar-refractivity contribution in [1.29, 1.82) is 0 Å². The Morgan fingerprint density at radius 1 is 1.54 bits per heavy atom. The van der Waals surface area contributed by atoms with E-state index in [1.165, 1.54) is 12.1 Å². The van der Waals surface area contributed by atoms with E-state index in [-0.39, 0.29) is 5.75 Å². The van der Waals surface area contributed by atoms with Crippen molar-refractivity contribution < 1.29 is 15.0 Å². The fourth-order valence-corrected chi connectivity index (χ4v) is 0.944. The molecule has 0 atom stereocenters. The van der Waals surface area contributed by atoms with Crippen LogP contribution in [0, 0.1) is 6.92 Å². The van der Waals surface area contributed by atoms with Crippen LogP contribution in [-0.4, -0.2) is 11.1 Å². The molecule has 0 saturated heterocycles. The average Bonchev–Trinajstić information content (AvgIpc) is 2.07. The molecule has 0 fully saturated rings. The fraction of sp³-hybridized carbons (Fsp3) is 0.100. The van der Waals surface area contributed by atoms with Gasteiger partial charge in [0.05, 0.1) is 0 Å². The van der Waals surface area contributed by atoms with Crippen molar-refractivity contribution in [1.82, 2.24) is 0 Å². The number of carboxylic acid groups (broad SMARTS) is 1. The molecule has 0 unspecified atom stereocenters. The van der Waals surface area contributed by atoms with Crippen LogP contribution in [0.3, 0.4) is 0 Å². The molecular formula is C10H9O3-. The highest BCUT2D eigenvalue weighted by molar-refractivity contribution is 5.85. The number of carbonyl (C=O) groups is 1. The molecule has 0 saturated carbocycles. The van der Waals surface area contributed by atoms with Gasteiger partial charge in [0.2, 0.25) is 0 Å². The lowest BCUT2D eigenvalue weighted by Gasteiger charge is -2.09. The summed E-state index contributed by atoms with van der Waals surface area (Å²) in [5.74, 6) is -1.03. The smallest absolute Gasteiger partial charge is 0.328 e. The minimum atomic E-state index is -0.996. The Bertz CT molecular complexity index is 353. The second kappa shape index (κ2) is 3.76. The van der Waals surface area contributed by atoms with Gasteiger partial charge in [0.1, 0.15) is 0 Å². The zero-order valence-electron chi connectivity index (χ0n) is 7.15. The van der Waals surface area contributed by atoms with Crippen LogP contribution in [0.5, 0.6) is 5.75 Å². The van der Waals surface area contributed by atoms with Crippen LogP contribution in [-0.2, 0) is 4.79 Å². The summed E-state index contributed by atoms with van der Waals surface area (Å²) in [6, 6.07) is 4.67. The molecule has 0 aliphatic heterocycles. The molecule has 0 spiro atoms. The quantitative estimate of drug-likeness (QED) is 0.689. The van der Waals surface area contributed by atoms with Gasteiger partial charge in [-0.2, -0.15) is 0 Å². The highest BCUT2D eigenvalue weighted by Gasteiger charge is 1.90. The van der Waals surface area contributed by atoms with Crippen molar-refractivity contribution in [2.45, 2.75) is 6.92 Å². The maximum atomic E-state index is 11.0. The summed E-state index contributed by atoms with van der Waals surface area (Å²) >= 11 is 0. The topological polar surface area (TPSA) is 60.4 Å². The Balaban J connectivity index is 2.92. The standard InChI is InChI=1S/C10H10O3/c1-7-6-8(2-4-9(7)11)3-5-10(12)13/h2-6,11H,1H3,(H,12,13)/p-1/b5-3+. The summed E-state index contributed by atoms with van der Waals surface area (Å²) in [7, 11) is 0. The highest BCUT2D eigenvalue weighted by Crippen LogP contribution is 2.14. The van der Waals surface area contributed by atoms with E-state index in [1.807, 2.05) is 0 Å². The van der Waals surface area contributed by atoms with Crippen molar-refractivity contribution >= 4 is 12.0 Å². The lowest BCUT2D eigenvalue weighted by Crippen LogP contribution is -1.93. The Hall–Kier alpha value is -1.77. The van der Waals surface area contributed by atoms with E-state index in [0.29, 0.717) is 5.56 Å². The molecular weight excluding hydrogens is 168 g/mol. The van der Waals surface area contributed by atoms with E-state index < -0.39 is 5.97 Å². The van der Waals surface area contributed by atoms with Crippen molar-refractivity contribution in [3.8, 4) is 5.75 Å². The zero-order valence-corrected chi connectivity index (χ0v) is 7.15. The van der Waals surface area contributed by atoms with Crippen LogP contribution in [0.15, 0.2) is 24.3 Å². The van der Waals surface area contributed by atoms with Crippen molar-refractivity contribution in [2.24, 2.45) is 0 Å². The van der Waals surface area contributed by atoms with Gasteiger partial charge in [-0.25, -0.2) is 4.79 Å². The third kappa shape index (κ3) is 2.63. The fourth-order valence-electron chi connectivity index (χ4n) is 0.944. The molecule has 3 nitrogen and oxygen atoms in total. The van der Waals surface area contributed by atoms with Crippen LogP contribution >= 0.6 is 0 Å². The normalized spacial score (nSPS) is 10.5. The van der Waals surface area contributed by atoms with Gasteiger partial charge in [0.25, 0.3) is 0 Å². The molecule has 1 N–H and O–H groups in total. The van der Waals surface area contributed by atoms with Crippen LogP contribution in [0.1, 0.15) is 11.1 Å². The minimum Gasteiger partial charge on any atom is -0.872 e. The first kappa shape index (κ1) is 9.32. The lowest BCUT2D eigenvalue weighted by atomic mass is 10.1. The van der Waals surface area contributed by atoms with Crippen LogP contribution in [0.4, 0.5) is 0 Å². The maximum Gasteiger partial charge on any atom is 0.328 e. The molecule has 0 aliphatic carbocycles.